The number of carbonyl (C=O) groups excluding carboxylic acids is 1. The van der Waals surface area contributed by atoms with Crippen molar-refractivity contribution in [3.63, 3.8) is 0 Å². The van der Waals surface area contributed by atoms with E-state index < -0.39 is 6.10 Å². The Morgan fingerprint density at radius 3 is 2.35 bits per heavy atom. The van der Waals surface area contributed by atoms with Crippen LogP contribution in [-0.4, -0.2) is 22.2 Å². The van der Waals surface area contributed by atoms with Crippen molar-refractivity contribution in [2.45, 2.75) is 19.6 Å². The van der Waals surface area contributed by atoms with E-state index >= 15 is 0 Å². The van der Waals surface area contributed by atoms with Crippen LogP contribution in [0.2, 0.25) is 0 Å². The maximum Gasteiger partial charge on any atom is 0.265 e. The van der Waals surface area contributed by atoms with Crippen molar-refractivity contribution in [1.82, 2.24) is 10.2 Å². The smallest absolute Gasteiger partial charge is 0.265 e. The largest absolute Gasteiger partial charge is 0.489 e. The van der Waals surface area contributed by atoms with Gasteiger partial charge in [-0.2, -0.15) is 0 Å². The van der Waals surface area contributed by atoms with Gasteiger partial charge in [0.05, 0.1) is 0 Å². The molecule has 3 aromatic carbocycles. The number of ether oxygens (including phenoxy) is 2. The topological polar surface area (TPSA) is 86.5 Å². The summed E-state index contributed by atoms with van der Waals surface area (Å²) in [6.07, 6.45) is 0.594. The lowest BCUT2D eigenvalue weighted by Gasteiger charge is -2.15. The van der Waals surface area contributed by atoms with E-state index in [0.29, 0.717) is 23.9 Å². The van der Waals surface area contributed by atoms with E-state index in [1.54, 1.807) is 43.3 Å². The van der Waals surface area contributed by atoms with Gasteiger partial charge in [-0.05, 0) is 61.0 Å². The van der Waals surface area contributed by atoms with Gasteiger partial charge in [0.1, 0.15) is 18.1 Å². The molecule has 0 spiro atoms. The molecule has 7 nitrogen and oxygen atoms in total. The second-order valence-corrected chi connectivity index (χ2v) is 6.82. The summed E-state index contributed by atoms with van der Waals surface area (Å²) in [7, 11) is 0. The molecule has 0 saturated carbocycles. The van der Waals surface area contributed by atoms with Crippen LogP contribution in [0.15, 0.2) is 89.7 Å². The molecule has 1 atom stereocenters. The van der Waals surface area contributed by atoms with Crippen molar-refractivity contribution >= 4 is 11.6 Å². The minimum absolute atomic E-state index is 0.251. The lowest BCUT2D eigenvalue weighted by Crippen LogP contribution is -2.30. The Morgan fingerprint density at radius 1 is 0.968 bits per heavy atom. The summed E-state index contributed by atoms with van der Waals surface area (Å²) in [6, 6.07) is 24.3. The number of nitrogens with zero attached hydrogens (tertiary/aromatic N) is 2. The predicted molar refractivity (Wildman–Crippen MR) is 116 cm³/mol. The molecule has 31 heavy (non-hydrogen) atoms. The standard InChI is InChI=1S/C24H21N3O4/c1-17(31-22-11-7-19(8-12-22)24-27-25-16-30-24)23(28)26-20-9-13-21(14-10-20)29-15-18-5-3-2-4-6-18/h2-14,16-17H,15H2,1H3,(H,26,28)/t17-/m1/s1. The first-order valence-electron chi connectivity index (χ1n) is 9.78. The van der Waals surface area contributed by atoms with Crippen molar-refractivity contribution in [2.24, 2.45) is 0 Å². The fourth-order valence-corrected chi connectivity index (χ4v) is 2.85. The van der Waals surface area contributed by atoms with Crippen molar-refractivity contribution < 1.29 is 18.7 Å². The van der Waals surface area contributed by atoms with Gasteiger partial charge < -0.3 is 19.2 Å². The van der Waals surface area contributed by atoms with Crippen LogP contribution in [-0.2, 0) is 11.4 Å². The van der Waals surface area contributed by atoms with Crippen LogP contribution < -0.4 is 14.8 Å². The lowest BCUT2D eigenvalue weighted by molar-refractivity contribution is -0.122. The van der Waals surface area contributed by atoms with E-state index in [4.69, 9.17) is 13.9 Å². The SMILES string of the molecule is C[C@@H](Oc1ccc(-c2nnco2)cc1)C(=O)Nc1ccc(OCc2ccccc2)cc1. The van der Waals surface area contributed by atoms with Gasteiger partial charge in [-0.25, -0.2) is 0 Å². The van der Waals surface area contributed by atoms with Gasteiger partial charge in [-0.15, -0.1) is 10.2 Å². The van der Waals surface area contributed by atoms with Gasteiger partial charge in [0, 0.05) is 11.3 Å². The van der Waals surface area contributed by atoms with Gasteiger partial charge in [0.15, 0.2) is 6.10 Å². The Labute approximate surface area is 179 Å². The van der Waals surface area contributed by atoms with Gasteiger partial charge in [-0.1, -0.05) is 30.3 Å². The maximum atomic E-state index is 12.5. The summed E-state index contributed by atoms with van der Waals surface area (Å²) in [4.78, 5) is 12.5. The van der Waals surface area contributed by atoms with E-state index in [-0.39, 0.29) is 5.91 Å². The molecule has 1 N–H and O–H groups in total. The highest BCUT2D eigenvalue weighted by atomic mass is 16.5. The van der Waals surface area contributed by atoms with E-state index in [0.717, 1.165) is 16.9 Å². The van der Waals surface area contributed by atoms with E-state index in [2.05, 4.69) is 15.5 Å². The van der Waals surface area contributed by atoms with Crippen LogP contribution in [0.25, 0.3) is 11.5 Å². The Kier molecular flexibility index (Phi) is 6.23. The first-order valence-corrected chi connectivity index (χ1v) is 9.78. The Morgan fingerprint density at radius 2 is 1.68 bits per heavy atom. The molecule has 0 aliphatic heterocycles. The zero-order valence-corrected chi connectivity index (χ0v) is 16.9. The highest BCUT2D eigenvalue weighted by Crippen LogP contribution is 2.22. The molecule has 7 heteroatoms. The summed E-state index contributed by atoms with van der Waals surface area (Å²) >= 11 is 0. The highest BCUT2D eigenvalue weighted by molar-refractivity contribution is 5.94. The highest BCUT2D eigenvalue weighted by Gasteiger charge is 2.15. The molecule has 0 bridgehead atoms. The van der Waals surface area contributed by atoms with Crippen LogP contribution in [0.5, 0.6) is 11.5 Å². The predicted octanol–water partition coefficient (Wildman–Crippen LogP) is 4.72. The molecule has 4 rings (SSSR count). The third kappa shape index (κ3) is 5.48. The number of carbonyl (C=O) groups is 1. The first kappa shape index (κ1) is 20.2. The number of rotatable bonds is 8. The Balaban J connectivity index is 1.28. The summed E-state index contributed by atoms with van der Waals surface area (Å²) in [6.45, 7) is 2.18. The monoisotopic (exact) mass is 415 g/mol. The average Bonchev–Trinajstić information content (AvgIpc) is 3.35. The number of hydrogen-bond donors (Lipinski definition) is 1. The van der Waals surface area contributed by atoms with Crippen LogP contribution in [0.4, 0.5) is 5.69 Å². The number of hydrogen-bond acceptors (Lipinski definition) is 6. The zero-order chi connectivity index (χ0) is 21.5. The summed E-state index contributed by atoms with van der Waals surface area (Å²) in [5, 5.41) is 10.4. The summed E-state index contributed by atoms with van der Waals surface area (Å²) in [5.41, 5.74) is 2.53. The molecule has 1 amide bonds. The molecule has 4 aromatic rings. The average molecular weight is 415 g/mol. The molecule has 1 aromatic heterocycles. The lowest BCUT2D eigenvalue weighted by atomic mass is 10.2. The third-order valence-corrected chi connectivity index (χ3v) is 4.51. The molecule has 0 aliphatic carbocycles. The van der Waals surface area contributed by atoms with Crippen LogP contribution >= 0.6 is 0 Å². The van der Waals surface area contributed by atoms with Crippen LogP contribution in [0.3, 0.4) is 0 Å². The van der Waals surface area contributed by atoms with E-state index in [1.807, 2.05) is 42.5 Å². The molecule has 1 heterocycles. The van der Waals surface area contributed by atoms with Crippen molar-refractivity contribution in [1.29, 1.82) is 0 Å². The fraction of sp³-hybridized carbons (Fsp3) is 0.125. The minimum atomic E-state index is -0.678. The number of aromatic nitrogens is 2. The minimum Gasteiger partial charge on any atom is -0.489 e. The maximum absolute atomic E-state index is 12.5. The molecule has 0 aliphatic rings. The molecule has 0 saturated heterocycles. The molecule has 0 unspecified atom stereocenters. The molecule has 156 valence electrons. The van der Waals surface area contributed by atoms with Crippen LogP contribution in [0, 0.1) is 0 Å². The van der Waals surface area contributed by atoms with Crippen molar-refractivity contribution in [2.75, 3.05) is 5.32 Å². The fourth-order valence-electron chi connectivity index (χ4n) is 2.85. The second kappa shape index (κ2) is 9.58. The first-order chi connectivity index (χ1) is 15.2. The molecular formula is C24H21N3O4. The number of amides is 1. The Hall–Kier alpha value is -4.13. The number of nitrogens with one attached hydrogen (secondary N) is 1. The van der Waals surface area contributed by atoms with E-state index in [1.165, 1.54) is 6.39 Å². The van der Waals surface area contributed by atoms with Gasteiger partial charge in [0.25, 0.3) is 5.91 Å². The van der Waals surface area contributed by atoms with Crippen molar-refractivity contribution in [3.05, 3.63) is 90.8 Å². The zero-order valence-electron chi connectivity index (χ0n) is 16.9. The quantitative estimate of drug-likeness (QED) is 0.448. The van der Waals surface area contributed by atoms with Gasteiger partial charge in [0.2, 0.25) is 12.3 Å². The number of anilines is 1. The number of benzene rings is 3. The van der Waals surface area contributed by atoms with Gasteiger partial charge in [-0.3, -0.25) is 4.79 Å². The Bertz CT molecular complexity index is 1100. The molecule has 0 radical (unpaired) electrons. The molecule has 0 fully saturated rings. The second-order valence-electron chi connectivity index (χ2n) is 6.82. The molecular weight excluding hydrogens is 394 g/mol. The van der Waals surface area contributed by atoms with Crippen molar-refractivity contribution in [3.8, 4) is 23.0 Å². The van der Waals surface area contributed by atoms with Gasteiger partial charge >= 0.3 is 0 Å². The normalized spacial score (nSPS) is 11.5. The van der Waals surface area contributed by atoms with E-state index in [9.17, 15) is 4.79 Å². The summed E-state index contributed by atoms with van der Waals surface area (Å²) in [5.74, 6) is 1.47. The third-order valence-electron chi connectivity index (χ3n) is 4.51. The van der Waals surface area contributed by atoms with Crippen LogP contribution in [0.1, 0.15) is 12.5 Å². The summed E-state index contributed by atoms with van der Waals surface area (Å²) < 4.78 is 16.6.